The van der Waals surface area contributed by atoms with Crippen molar-refractivity contribution in [2.75, 3.05) is 0 Å². The molecule has 3 aliphatic carbocycles. The van der Waals surface area contributed by atoms with E-state index in [2.05, 4.69) is 15.7 Å². The fourth-order valence-electron chi connectivity index (χ4n) is 3.44. The van der Waals surface area contributed by atoms with Crippen LogP contribution < -0.4 is 5.73 Å². The monoisotopic (exact) mass is 259 g/mol. The number of hydrogen-bond acceptors (Lipinski definition) is 2. The molecule has 3 aliphatic rings. The molecule has 1 aromatic carbocycles. The van der Waals surface area contributed by atoms with Crippen LogP contribution in [0.25, 0.3) is 11.3 Å². The van der Waals surface area contributed by atoms with Crippen molar-refractivity contribution in [1.29, 1.82) is 0 Å². The number of nitrogens with zero attached hydrogens (tertiary/aromatic N) is 2. The van der Waals surface area contributed by atoms with Gasteiger partial charge in [-0.3, -0.25) is 0 Å². The van der Waals surface area contributed by atoms with Gasteiger partial charge in [-0.1, -0.05) is 23.7 Å². The molecule has 3 nitrogen and oxygen atoms in total. The third-order valence-electron chi connectivity index (χ3n) is 4.31. The fraction of sp³-hybridized carbons (Fsp3) is 0.357. The quantitative estimate of drug-likeness (QED) is 0.901. The van der Waals surface area contributed by atoms with Gasteiger partial charge in [-0.05, 0) is 31.4 Å². The van der Waals surface area contributed by atoms with Crippen molar-refractivity contribution in [3.05, 3.63) is 41.8 Å². The summed E-state index contributed by atoms with van der Waals surface area (Å²) in [6, 6.07) is 7.79. The van der Waals surface area contributed by atoms with Gasteiger partial charge in [0, 0.05) is 22.3 Å². The molecule has 92 valence electrons. The van der Waals surface area contributed by atoms with Gasteiger partial charge in [-0.2, -0.15) is 0 Å². The Kier molecular flexibility index (Phi) is 1.86. The zero-order valence-electron chi connectivity index (χ0n) is 9.94. The third-order valence-corrected chi connectivity index (χ3v) is 4.57. The van der Waals surface area contributed by atoms with Crippen LogP contribution in [-0.2, 0) is 5.54 Å². The van der Waals surface area contributed by atoms with Crippen molar-refractivity contribution in [1.82, 2.24) is 9.55 Å². The smallest absolute Gasteiger partial charge is 0.0959 e. The lowest BCUT2D eigenvalue weighted by atomic mass is 9.44. The van der Waals surface area contributed by atoms with Crippen molar-refractivity contribution in [3.8, 4) is 11.3 Å². The summed E-state index contributed by atoms with van der Waals surface area (Å²) >= 11 is 5.89. The van der Waals surface area contributed by atoms with E-state index in [-0.39, 0.29) is 11.1 Å². The average molecular weight is 260 g/mol. The zero-order valence-corrected chi connectivity index (χ0v) is 10.7. The first kappa shape index (κ1) is 10.6. The van der Waals surface area contributed by atoms with Gasteiger partial charge in [0.25, 0.3) is 0 Å². The molecule has 3 fully saturated rings. The Morgan fingerprint density at radius 1 is 1.17 bits per heavy atom. The maximum atomic E-state index is 6.10. The second-order valence-electron chi connectivity index (χ2n) is 5.79. The molecule has 0 radical (unpaired) electrons. The number of halogens is 1. The summed E-state index contributed by atoms with van der Waals surface area (Å²) in [6.45, 7) is 0. The number of nitrogens with two attached hydrogens (primary N) is 1. The summed E-state index contributed by atoms with van der Waals surface area (Å²) in [4.78, 5) is 4.49. The van der Waals surface area contributed by atoms with Gasteiger partial charge in [0.2, 0.25) is 0 Å². The van der Waals surface area contributed by atoms with E-state index in [1.165, 1.54) is 0 Å². The Morgan fingerprint density at radius 2 is 1.83 bits per heavy atom. The maximum Gasteiger partial charge on any atom is 0.0959 e. The van der Waals surface area contributed by atoms with E-state index in [0.29, 0.717) is 0 Å². The normalized spacial score (nSPS) is 32.8. The summed E-state index contributed by atoms with van der Waals surface area (Å²) in [5.41, 5.74) is 8.60. The third kappa shape index (κ3) is 1.32. The van der Waals surface area contributed by atoms with Crippen molar-refractivity contribution >= 4 is 11.6 Å². The lowest BCUT2D eigenvalue weighted by molar-refractivity contribution is -0.114. The van der Waals surface area contributed by atoms with E-state index in [1.54, 1.807) is 0 Å². The van der Waals surface area contributed by atoms with Gasteiger partial charge < -0.3 is 10.3 Å². The molecule has 1 heterocycles. The van der Waals surface area contributed by atoms with E-state index in [1.807, 2.05) is 30.6 Å². The Morgan fingerprint density at radius 3 is 2.44 bits per heavy atom. The van der Waals surface area contributed by atoms with Crippen molar-refractivity contribution in [2.24, 2.45) is 5.73 Å². The van der Waals surface area contributed by atoms with Gasteiger partial charge in [-0.15, -0.1) is 0 Å². The van der Waals surface area contributed by atoms with Crippen LogP contribution >= 0.6 is 11.6 Å². The van der Waals surface area contributed by atoms with Crippen molar-refractivity contribution < 1.29 is 0 Å². The summed E-state index contributed by atoms with van der Waals surface area (Å²) in [6.07, 6.45) is 7.34. The number of benzene rings is 1. The summed E-state index contributed by atoms with van der Waals surface area (Å²) < 4.78 is 2.24. The Hall–Kier alpha value is -1.32. The molecule has 3 saturated carbocycles. The molecule has 0 aliphatic heterocycles. The Bertz CT molecular complexity index is 594. The first-order chi connectivity index (χ1) is 8.59. The second-order valence-corrected chi connectivity index (χ2v) is 6.23. The minimum atomic E-state index is 0.130. The van der Waals surface area contributed by atoms with Gasteiger partial charge in [0.05, 0.1) is 17.6 Å². The minimum absolute atomic E-state index is 0.130. The second kappa shape index (κ2) is 3.16. The molecule has 0 saturated heterocycles. The standard InChI is InChI=1S/C14H14ClN3/c15-11-3-1-10(2-4-11)12-5-18(9-17-12)14-6-13(16,7-14)8-14/h1-5,9H,6-8,16H2. The Balaban J connectivity index is 1.65. The molecule has 0 atom stereocenters. The lowest BCUT2D eigenvalue weighted by Gasteiger charge is -2.69. The minimum Gasteiger partial charge on any atom is -0.331 e. The molecule has 2 aromatic rings. The van der Waals surface area contributed by atoms with Crippen molar-refractivity contribution in [3.63, 3.8) is 0 Å². The predicted octanol–water partition coefficient (Wildman–Crippen LogP) is 2.79. The van der Waals surface area contributed by atoms with Crippen LogP contribution in [0, 0.1) is 0 Å². The molecule has 0 amide bonds. The average Bonchev–Trinajstić information content (AvgIpc) is 2.74. The molecule has 1 aromatic heterocycles. The maximum absolute atomic E-state index is 6.10. The summed E-state index contributed by atoms with van der Waals surface area (Å²) in [5.74, 6) is 0. The predicted molar refractivity (Wildman–Crippen MR) is 71.4 cm³/mol. The Labute approximate surface area is 111 Å². The van der Waals surface area contributed by atoms with Crippen LogP contribution in [0.3, 0.4) is 0 Å². The SMILES string of the molecule is NC12CC(n3cnc(-c4ccc(Cl)cc4)c3)(C1)C2. The van der Waals surface area contributed by atoms with Crippen LogP contribution in [-0.4, -0.2) is 15.1 Å². The topological polar surface area (TPSA) is 43.8 Å². The number of aromatic nitrogens is 2. The number of hydrogen-bond donors (Lipinski definition) is 1. The van der Waals surface area contributed by atoms with Crippen molar-refractivity contribution in [2.45, 2.75) is 30.3 Å². The van der Waals surface area contributed by atoms with Gasteiger partial charge >= 0.3 is 0 Å². The molecular formula is C14H14ClN3. The van der Waals surface area contributed by atoms with E-state index < -0.39 is 0 Å². The first-order valence-electron chi connectivity index (χ1n) is 6.18. The number of imidazole rings is 1. The highest BCUT2D eigenvalue weighted by Crippen LogP contribution is 2.63. The first-order valence-corrected chi connectivity index (χ1v) is 6.56. The molecular weight excluding hydrogens is 246 g/mol. The van der Waals surface area contributed by atoms with Crippen LogP contribution in [0.15, 0.2) is 36.8 Å². The van der Waals surface area contributed by atoms with Gasteiger partial charge in [-0.25, -0.2) is 4.98 Å². The highest BCUT2D eigenvalue weighted by Gasteiger charge is 2.67. The van der Waals surface area contributed by atoms with Gasteiger partial charge in [0.1, 0.15) is 0 Å². The highest BCUT2D eigenvalue weighted by molar-refractivity contribution is 6.30. The van der Waals surface area contributed by atoms with Crippen LogP contribution in [0.1, 0.15) is 19.3 Å². The van der Waals surface area contributed by atoms with E-state index >= 15 is 0 Å². The molecule has 0 spiro atoms. The molecule has 2 bridgehead atoms. The highest BCUT2D eigenvalue weighted by atomic mass is 35.5. The van der Waals surface area contributed by atoms with E-state index in [0.717, 1.165) is 35.5 Å². The fourth-order valence-corrected chi connectivity index (χ4v) is 3.56. The molecule has 5 rings (SSSR count). The largest absolute Gasteiger partial charge is 0.331 e. The molecule has 4 heteroatoms. The number of rotatable bonds is 2. The zero-order chi connectivity index (χ0) is 12.4. The molecule has 2 N–H and O–H groups in total. The van der Waals surface area contributed by atoms with E-state index in [4.69, 9.17) is 17.3 Å². The van der Waals surface area contributed by atoms with Gasteiger partial charge in [0.15, 0.2) is 0 Å². The summed E-state index contributed by atoms with van der Waals surface area (Å²) in [5, 5.41) is 0.752. The lowest BCUT2D eigenvalue weighted by Crippen LogP contribution is -2.76. The summed E-state index contributed by atoms with van der Waals surface area (Å²) in [7, 11) is 0. The molecule has 18 heavy (non-hydrogen) atoms. The van der Waals surface area contributed by atoms with Crippen LogP contribution in [0.2, 0.25) is 5.02 Å². The van der Waals surface area contributed by atoms with Crippen LogP contribution in [0.4, 0.5) is 0 Å². The molecule has 0 unspecified atom stereocenters. The van der Waals surface area contributed by atoms with Crippen LogP contribution in [0.5, 0.6) is 0 Å². The van der Waals surface area contributed by atoms with E-state index in [9.17, 15) is 0 Å².